The molecule has 0 saturated carbocycles. The topological polar surface area (TPSA) is 43.4 Å². The van der Waals surface area contributed by atoms with Crippen LogP contribution >= 0.6 is 0 Å². The van der Waals surface area contributed by atoms with E-state index in [2.05, 4.69) is 0 Å². The third kappa shape index (κ3) is 3.22. The molecular weight excluding hydrogens is 196 g/mol. The molecule has 0 fully saturated rings. The Bertz CT molecular complexity index is 240. The van der Waals surface area contributed by atoms with Crippen LogP contribution in [0, 0.1) is 0 Å². The van der Waals surface area contributed by atoms with Crippen LogP contribution < -0.4 is 0 Å². The van der Waals surface area contributed by atoms with Gasteiger partial charge in [0.2, 0.25) is 0 Å². The van der Waals surface area contributed by atoms with Gasteiger partial charge in [0.1, 0.15) is 11.3 Å². The largest absolute Gasteiger partial charge is 0.402 e. The van der Waals surface area contributed by atoms with Crippen molar-refractivity contribution < 1.29 is 14.0 Å². The molecule has 0 aliphatic carbocycles. The van der Waals surface area contributed by atoms with Gasteiger partial charge >= 0.3 is 0 Å². The standard InChI is InChI=1S/C10H18O3Si/c1-5-14(6-2,10(4)12)13-9(3)7-8-11/h7,9H,5-6H2,1-4H3. The molecule has 1 atom stereocenters. The van der Waals surface area contributed by atoms with Crippen LogP contribution in [0.4, 0.5) is 0 Å². The van der Waals surface area contributed by atoms with E-state index in [1.807, 2.05) is 13.8 Å². The van der Waals surface area contributed by atoms with Gasteiger partial charge in [-0.2, -0.15) is 0 Å². The average molecular weight is 214 g/mol. The zero-order chi connectivity index (χ0) is 11.2. The lowest BCUT2D eigenvalue weighted by atomic mass is 10.4. The Morgan fingerprint density at radius 3 is 2.29 bits per heavy atom. The lowest BCUT2D eigenvalue weighted by molar-refractivity contribution is -0.112. The summed E-state index contributed by atoms with van der Waals surface area (Å²) in [6, 6.07) is 1.52. The second-order valence-corrected chi connectivity index (χ2v) is 7.71. The Balaban J connectivity index is 4.66. The molecule has 0 radical (unpaired) electrons. The van der Waals surface area contributed by atoms with Gasteiger partial charge in [0.15, 0.2) is 0 Å². The second-order valence-electron chi connectivity index (χ2n) is 3.37. The van der Waals surface area contributed by atoms with Crippen molar-refractivity contribution in [3.8, 4) is 0 Å². The van der Waals surface area contributed by atoms with E-state index in [0.717, 1.165) is 12.1 Å². The van der Waals surface area contributed by atoms with Crippen LogP contribution in [0.2, 0.25) is 12.1 Å². The van der Waals surface area contributed by atoms with Gasteiger partial charge in [-0.1, -0.05) is 13.8 Å². The molecule has 14 heavy (non-hydrogen) atoms. The lowest BCUT2D eigenvalue weighted by Crippen LogP contribution is -2.46. The molecule has 80 valence electrons. The second kappa shape index (κ2) is 5.91. The molecule has 1 unspecified atom stereocenters. The summed E-state index contributed by atoms with van der Waals surface area (Å²) in [7, 11) is -2.27. The van der Waals surface area contributed by atoms with E-state index in [-0.39, 0.29) is 11.5 Å². The summed E-state index contributed by atoms with van der Waals surface area (Å²) in [5, 5.41) is 0.147. The summed E-state index contributed by atoms with van der Waals surface area (Å²) in [5.41, 5.74) is 0. The smallest absolute Gasteiger partial charge is 0.264 e. The first-order valence-corrected chi connectivity index (χ1v) is 7.24. The van der Waals surface area contributed by atoms with Gasteiger partial charge in [-0.15, -0.1) is 0 Å². The minimum atomic E-state index is -2.27. The number of hydrogen-bond donors (Lipinski definition) is 0. The number of carbonyl (C=O) groups is 1. The van der Waals surface area contributed by atoms with E-state index in [9.17, 15) is 9.59 Å². The van der Waals surface area contributed by atoms with Gasteiger partial charge in [0, 0.05) is 6.08 Å². The summed E-state index contributed by atoms with van der Waals surface area (Å²) in [5.74, 6) is 1.69. The molecule has 0 bridgehead atoms. The molecule has 0 rings (SSSR count). The molecule has 0 aromatic heterocycles. The summed E-state index contributed by atoms with van der Waals surface area (Å²) in [6.07, 6.45) is 1.01. The Morgan fingerprint density at radius 2 is 2.00 bits per heavy atom. The molecule has 0 saturated heterocycles. The van der Waals surface area contributed by atoms with Crippen molar-refractivity contribution in [2.45, 2.75) is 45.9 Å². The Morgan fingerprint density at radius 1 is 1.50 bits per heavy atom. The first kappa shape index (κ1) is 13.3. The predicted molar refractivity (Wildman–Crippen MR) is 58.2 cm³/mol. The number of hydrogen-bond acceptors (Lipinski definition) is 3. The van der Waals surface area contributed by atoms with E-state index >= 15 is 0 Å². The highest BCUT2D eigenvalue weighted by atomic mass is 28.4. The lowest BCUT2D eigenvalue weighted by Gasteiger charge is -2.28. The molecule has 3 nitrogen and oxygen atoms in total. The normalized spacial score (nSPS) is 13.1. The summed E-state index contributed by atoms with van der Waals surface area (Å²) in [6.45, 7) is 7.28. The minimum absolute atomic E-state index is 0.147. The molecular formula is C10H18O3Si. The van der Waals surface area contributed by atoms with Crippen LogP contribution in [0.15, 0.2) is 6.08 Å². The van der Waals surface area contributed by atoms with Gasteiger partial charge in [-0.3, -0.25) is 0 Å². The number of rotatable bonds is 6. The van der Waals surface area contributed by atoms with E-state index in [4.69, 9.17) is 4.43 Å². The minimum Gasteiger partial charge on any atom is -0.402 e. The van der Waals surface area contributed by atoms with Gasteiger partial charge in [-0.25, -0.2) is 4.79 Å². The van der Waals surface area contributed by atoms with Gasteiger partial charge < -0.3 is 9.22 Å². The molecule has 0 N–H and O–H groups in total. The highest BCUT2D eigenvalue weighted by Crippen LogP contribution is 2.20. The van der Waals surface area contributed by atoms with E-state index in [0.29, 0.717) is 0 Å². The maximum absolute atomic E-state index is 11.5. The van der Waals surface area contributed by atoms with Crippen LogP contribution in [-0.2, 0) is 14.0 Å². The Labute approximate surface area is 86.3 Å². The van der Waals surface area contributed by atoms with Crippen molar-refractivity contribution in [1.82, 2.24) is 0 Å². The molecule has 0 aromatic rings. The fourth-order valence-electron chi connectivity index (χ4n) is 1.48. The highest BCUT2D eigenvalue weighted by Gasteiger charge is 2.38. The zero-order valence-corrected chi connectivity index (χ0v) is 10.3. The van der Waals surface area contributed by atoms with Crippen molar-refractivity contribution >= 4 is 19.7 Å². The first-order chi connectivity index (χ1) is 6.52. The molecule has 0 spiro atoms. The van der Waals surface area contributed by atoms with E-state index in [1.54, 1.807) is 19.8 Å². The molecule has 0 aliphatic heterocycles. The summed E-state index contributed by atoms with van der Waals surface area (Å²) in [4.78, 5) is 21.6. The van der Waals surface area contributed by atoms with Crippen LogP contribution in [0.25, 0.3) is 0 Å². The number of carbonyl (C=O) groups excluding carboxylic acids is 2. The third-order valence-electron chi connectivity index (χ3n) is 2.50. The van der Waals surface area contributed by atoms with Crippen molar-refractivity contribution in [3.63, 3.8) is 0 Å². The molecule has 0 amide bonds. The molecule has 0 aromatic carbocycles. The maximum atomic E-state index is 11.5. The van der Waals surface area contributed by atoms with Gasteiger partial charge in [0.25, 0.3) is 8.32 Å². The first-order valence-electron chi connectivity index (χ1n) is 4.92. The third-order valence-corrected chi connectivity index (χ3v) is 6.89. The van der Waals surface area contributed by atoms with Crippen molar-refractivity contribution in [1.29, 1.82) is 0 Å². The van der Waals surface area contributed by atoms with Crippen molar-refractivity contribution in [3.05, 3.63) is 6.08 Å². The van der Waals surface area contributed by atoms with Gasteiger partial charge in [0.05, 0.1) is 6.10 Å². The summed E-state index contributed by atoms with van der Waals surface area (Å²) < 4.78 is 5.71. The van der Waals surface area contributed by atoms with Crippen LogP contribution in [0.3, 0.4) is 0 Å². The van der Waals surface area contributed by atoms with Crippen molar-refractivity contribution in [2.24, 2.45) is 0 Å². The fourth-order valence-corrected chi connectivity index (χ4v) is 4.26. The SMILES string of the molecule is CC[Si](CC)(OC(C)C=C=O)C(C)=O. The summed E-state index contributed by atoms with van der Waals surface area (Å²) >= 11 is 0. The van der Waals surface area contributed by atoms with Crippen LogP contribution in [0.1, 0.15) is 27.7 Å². The van der Waals surface area contributed by atoms with Crippen LogP contribution in [0.5, 0.6) is 0 Å². The Hall–Kier alpha value is -0.703. The quantitative estimate of drug-likeness (QED) is 0.501. The molecule has 4 heteroatoms. The Kier molecular flexibility index (Phi) is 5.61. The van der Waals surface area contributed by atoms with Crippen molar-refractivity contribution in [2.75, 3.05) is 0 Å². The fraction of sp³-hybridized carbons (Fsp3) is 0.700. The van der Waals surface area contributed by atoms with E-state index in [1.165, 1.54) is 6.08 Å². The highest BCUT2D eigenvalue weighted by molar-refractivity contribution is 7.01. The monoisotopic (exact) mass is 214 g/mol. The van der Waals surface area contributed by atoms with Crippen LogP contribution in [-0.4, -0.2) is 25.8 Å². The molecule has 0 heterocycles. The molecule has 0 aliphatic rings. The zero-order valence-electron chi connectivity index (χ0n) is 9.29. The maximum Gasteiger partial charge on any atom is 0.264 e. The predicted octanol–water partition coefficient (Wildman–Crippen LogP) is 1.89. The van der Waals surface area contributed by atoms with Gasteiger partial charge in [-0.05, 0) is 25.9 Å². The average Bonchev–Trinajstić information content (AvgIpc) is 2.14. The van der Waals surface area contributed by atoms with E-state index < -0.39 is 8.32 Å².